The number of aryl methyl sites for hydroxylation is 3. The summed E-state index contributed by atoms with van der Waals surface area (Å²) in [6.45, 7) is 6.46. The summed E-state index contributed by atoms with van der Waals surface area (Å²) < 4.78 is 0. The normalized spacial score (nSPS) is 10.3. The van der Waals surface area contributed by atoms with Gasteiger partial charge in [-0.3, -0.25) is 9.59 Å². The number of nitrogens with one attached hydrogen (secondary N) is 1. The maximum atomic E-state index is 11.8. The van der Waals surface area contributed by atoms with Crippen LogP contribution in [0.4, 0.5) is 0 Å². The van der Waals surface area contributed by atoms with Gasteiger partial charge in [-0.05, 0) is 43.9 Å². The van der Waals surface area contributed by atoms with Crippen molar-refractivity contribution in [1.82, 2.24) is 5.32 Å². The lowest BCUT2D eigenvalue weighted by molar-refractivity contribution is -0.137. The van der Waals surface area contributed by atoms with Crippen LogP contribution in [0.2, 0.25) is 0 Å². The molecule has 0 unspecified atom stereocenters. The van der Waals surface area contributed by atoms with E-state index in [0.29, 0.717) is 19.4 Å². The molecule has 104 valence electrons. The number of carbonyl (C=O) groups excluding carboxylic acids is 1. The first-order valence-electron chi connectivity index (χ1n) is 6.45. The van der Waals surface area contributed by atoms with Crippen LogP contribution in [-0.2, 0) is 16.0 Å². The van der Waals surface area contributed by atoms with Crippen molar-refractivity contribution >= 4 is 11.9 Å². The molecule has 0 aliphatic carbocycles. The van der Waals surface area contributed by atoms with E-state index in [2.05, 4.69) is 17.4 Å². The highest BCUT2D eigenvalue weighted by molar-refractivity contribution is 5.79. The quantitative estimate of drug-likeness (QED) is 0.773. The molecule has 1 amide bonds. The minimum absolute atomic E-state index is 0.0551. The first kappa shape index (κ1) is 15.2. The number of rotatable bonds is 6. The van der Waals surface area contributed by atoms with E-state index in [1.807, 2.05) is 20.8 Å². The average Bonchev–Trinajstić information content (AvgIpc) is 2.29. The number of hydrogen-bond acceptors (Lipinski definition) is 2. The van der Waals surface area contributed by atoms with Crippen molar-refractivity contribution in [3.8, 4) is 0 Å². The van der Waals surface area contributed by atoms with Crippen LogP contribution < -0.4 is 5.32 Å². The molecule has 0 heterocycles. The first-order chi connectivity index (χ1) is 8.90. The minimum atomic E-state index is -0.834. The molecule has 0 aromatic heterocycles. The zero-order chi connectivity index (χ0) is 14.4. The molecule has 0 radical (unpaired) electrons. The lowest BCUT2D eigenvalue weighted by atomic mass is 9.97. The van der Waals surface area contributed by atoms with Crippen LogP contribution in [0.3, 0.4) is 0 Å². The van der Waals surface area contributed by atoms with Gasteiger partial charge in [-0.25, -0.2) is 0 Å². The summed E-state index contributed by atoms with van der Waals surface area (Å²) >= 11 is 0. The van der Waals surface area contributed by atoms with Crippen LogP contribution in [0.25, 0.3) is 0 Å². The largest absolute Gasteiger partial charge is 0.481 e. The number of amides is 1. The van der Waals surface area contributed by atoms with E-state index in [1.165, 1.54) is 5.56 Å². The smallest absolute Gasteiger partial charge is 0.303 e. The van der Waals surface area contributed by atoms with Gasteiger partial charge in [0.05, 0.1) is 6.42 Å². The molecule has 1 aromatic carbocycles. The zero-order valence-corrected chi connectivity index (χ0v) is 11.7. The Morgan fingerprint density at radius 2 is 1.74 bits per heavy atom. The SMILES string of the molecule is Cc1cc(C)c(CC(=O)NCCCC(=O)O)c(C)c1. The molecule has 0 atom stereocenters. The van der Waals surface area contributed by atoms with Crippen LogP contribution in [0, 0.1) is 20.8 Å². The molecule has 0 aliphatic heterocycles. The van der Waals surface area contributed by atoms with Gasteiger partial charge in [0.25, 0.3) is 0 Å². The monoisotopic (exact) mass is 263 g/mol. The van der Waals surface area contributed by atoms with E-state index in [0.717, 1.165) is 16.7 Å². The van der Waals surface area contributed by atoms with Crippen molar-refractivity contribution in [1.29, 1.82) is 0 Å². The summed E-state index contributed by atoms with van der Waals surface area (Å²) in [5, 5.41) is 11.3. The van der Waals surface area contributed by atoms with Gasteiger partial charge < -0.3 is 10.4 Å². The molecule has 1 rings (SSSR count). The van der Waals surface area contributed by atoms with Crippen molar-refractivity contribution in [2.75, 3.05) is 6.54 Å². The second-order valence-electron chi connectivity index (χ2n) is 4.90. The summed E-state index contributed by atoms with van der Waals surface area (Å²) in [7, 11) is 0. The van der Waals surface area contributed by atoms with Gasteiger partial charge in [0.1, 0.15) is 0 Å². The Kier molecular flexibility index (Phi) is 5.55. The summed E-state index contributed by atoms with van der Waals surface area (Å²) in [5.74, 6) is -0.889. The topological polar surface area (TPSA) is 66.4 Å². The van der Waals surface area contributed by atoms with E-state index >= 15 is 0 Å². The number of aliphatic carboxylic acids is 1. The number of carbonyl (C=O) groups is 2. The maximum absolute atomic E-state index is 11.8. The molecule has 4 heteroatoms. The number of hydrogen-bond donors (Lipinski definition) is 2. The molecule has 0 saturated carbocycles. The summed E-state index contributed by atoms with van der Waals surface area (Å²) in [4.78, 5) is 22.1. The van der Waals surface area contributed by atoms with Gasteiger partial charge in [-0.15, -0.1) is 0 Å². The predicted octanol–water partition coefficient (Wildman–Crippen LogP) is 2.14. The van der Waals surface area contributed by atoms with E-state index in [4.69, 9.17) is 5.11 Å². The highest BCUT2D eigenvalue weighted by Gasteiger charge is 2.09. The fourth-order valence-corrected chi connectivity index (χ4v) is 2.18. The molecule has 0 bridgehead atoms. The molecule has 1 aromatic rings. The van der Waals surface area contributed by atoms with E-state index in [-0.39, 0.29) is 12.3 Å². The fourth-order valence-electron chi connectivity index (χ4n) is 2.18. The predicted molar refractivity (Wildman–Crippen MR) is 74.2 cm³/mol. The van der Waals surface area contributed by atoms with Crippen LogP contribution in [0.5, 0.6) is 0 Å². The minimum Gasteiger partial charge on any atom is -0.481 e. The first-order valence-corrected chi connectivity index (χ1v) is 6.45. The molecular weight excluding hydrogens is 242 g/mol. The van der Waals surface area contributed by atoms with Gasteiger partial charge in [-0.2, -0.15) is 0 Å². The van der Waals surface area contributed by atoms with Gasteiger partial charge in [0.2, 0.25) is 5.91 Å². The van der Waals surface area contributed by atoms with Gasteiger partial charge in [-0.1, -0.05) is 17.7 Å². The van der Waals surface area contributed by atoms with E-state index in [9.17, 15) is 9.59 Å². The van der Waals surface area contributed by atoms with Crippen molar-refractivity contribution < 1.29 is 14.7 Å². The summed E-state index contributed by atoms with van der Waals surface area (Å²) in [6.07, 6.45) is 0.904. The number of benzene rings is 1. The standard InChI is InChI=1S/C15H21NO3/c1-10-7-11(2)13(12(3)8-10)9-14(17)16-6-4-5-15(18)19/h7-8H,4-6,9H2,1-3H3,(H,16,17)(H,18,19). The third kappa shape index (κ3) is 5.12. The fraction of sp³-hybridized carbons (Fsp3) is 0.467. The van der Waals surface area contributed by atoms with Crippen molar-refractivity contribution in [2.24, 2.45) is 0 Å². The van der Waals surface area contributed by atoms with Crippen LogP contribution in [0.15, 0.2) is 12.1 Å². The van der Waals surface area contributed by atoms with Crippen molar-refractivity contribution in [3.63, 3.8) is 0 Å². The van der Waals surface area contributed by atoms with Crippen LogP contribution in [0.1, 0.15) is 35.1 Å². The summed E-state index contributed by atoms with van der Waals surface area (Å²) in [5.41, 5.74) is 4.50. The Bertz CT molecular complexity index is 457. The van der Waals surface area contributed by atoms with Crippen LogP contribution >= 0.6 is 0 Å². The van der Waals surface area contributed by atoms with Crippen molar-refractivity contribution in [2.45, 2.75) is 40.0 Å². The molecule has 19 heavy (non-hydrogen) atoms. The van der Waals surface area contributed by atoms with E-state index in [1.54, 1.807) is 0 Å². The molecule has 4 nitrogen and oxygen atoms in total. The molecule has 0 spiro atoms. The second kappa shape index (κ2) is 6.92. The Morgan fingerprint density at radius 1 is 1.16 bits per heavy atom. The van der Waals surface area contributed by atoms with E-state index < -0.39 is 5.97 Å². The van der Waals surface area contributed by atoms with Crippen LogP contribution in [-0.4, -0.2) is 23.5 Å². The third-order valence-corrected chi connectivity index (χ3v) is 3.07. The molecular formula is C15H21NO3. The Morgan fingerprint density at radius 3 is 2.26 bits per heavy atom. The number of carboxylic acids is 1. The molecule has 2 N–H and O–H groups in total. The highest BCUT2D eigenvalue weighted by Crippen LogP contribution is 2.16. The lowest BCUT2D eigenvalue weighted by Gasteiger charge is -2.11. The maximum Gasteiger partial charge on any atom is 0.303 e. The zero-order valence-electron chi connectivity index (χ0n) is 11.7. The van der Waals surface area contributed by atoms with Gasteiger partial charge in [0, 0.05) is 13.0 Å². The highest BCUT2D eigenvalue weighted by atomic mass is 16.4. The lowest BCUT2D eigenvalue weighted by Crippen LogP contribution is -2.27. The number of carboxylic acid groups (broad SMARTS) is 1. The molecule has 0 aliphatic rings. The Balaban J connectivity index is 2.51. The Labute approximate surface area is 113 Å². The average molecular weight is 263 g/mol. The Hall–Kier alpha value is -1.84. The molecule has 0 saturated heterocycles. The van der Waals surface area contributed by atoms with Gasteiger partial charge >= 0.3 is 5.97 Å². The third-order valence-electron chi connectivity index (χ3n) is 3.07. The summed E-state index contributed by atoms with van der Waals surface area (Å²) in [6, 6.07) is 4.14. The second-order valence-corrected chi connectivity index (χ2v) is 4.90. The van der Waals surface area contributed by atoms with Gasteiger partial charge in [0.15, 0.2) is 0 Å². The molecule has 0 fully saturated rings. The van der Waals surface area contributed by atoms with Crippen molar-refractivity contribution in [3.05, 3.63) is 34.4 Å².